The van der Waals surface area contributed by atoms with Crippen LogP contribution in [0.1, 0.15) is 5.56 Å². The second kappa shape index (κ2) is 5.00. The Morgan fingerprint density at radius 3 is 2.76 bits per heavy atom. The van der Waals surface area contributed by atoms with Crippen LogP contribution in [-0.4, -0.2) is 32.2 Å². The van der Waals surface area contributed by atoms with Gasteiger partial charge >= 0.3 is 5.97 Å². The minimum atomic E-state index is -3.81. The highest BCUT2D eigenvalue weighted by atomic mass is 32.2. The molecule has 8 heteroatoms. The Morgan fingerprint density at radius 2 is 2.24 bits per heavy atom. The predicted molar refractivity (Wildman–Crippen MR) is 62.8 cm³/mol. The lowest BCUT2D eigenvalue weighted by atomic mass is 10.3. The van der Waals surface area contributed by atoms with Crippen LogP contribution in [0.5, 0.6) is 0 Å². The summed E-state index contributed by atoms with van der Waals surface area (Å²) >= 11 is 0. The van der Waals surface area contributed by atoms with Gasteiger partial charge in [0.15, 0.2) is 5.75 Å². The number of nitrogens with one attached hydrogen (secondary N) is 1. The summed E-state index contributed by atoms with van der Waals surface area (Å²) in [6.07, 6.45) is 1.32. The van der Waals surface area contributed by atoms with Crippen LogP contribution in [0.2, 0.25) is 0 Å². The highest BCUT2D eigenvalue weighted by Gasteiger charge is 2.18. The minimum absolute atomic E-state index is 0.142. The third kappa shape index (κ3) is 3.91. The molecule has 0 spiro atoms. The van der Waals surface area contributed by atoms with Crippen LogP contribution in [0, 0.1) is 6.92 Å². The van der Waals surface area contributed by atoms with Gasteiger partial charge in [0.25, 0.3) is 0 Å². The van der Waals surface area contributed by atoms with Crippen molar-refractivity contribution in [2.45, 2.75) is 6.92 Å². The first kappa shape index (κ1) is 13.2. The molecule has 0 radical (unpaired) electrons. The molecule has 1 rings (SSSR count). The molecule has 0 saturated heterocycles. The number of aryl methyl sites for hydroxylation is 1. The van der Waals surface area contributed by atoms with E-state index in [0.717, 1.165) is 7.11 Å². The van der Waals surface area contributed by atoms with Crippen LogP contribution in [0.3, 0.4) is 0 Å². The number of nitrogens with two attached hydrogens (primary N) is 1. The molecule has 7 nitrogen and oxygen atoms in total. The number of carbonyl (C=O) groups is 1. The second-order valence-corrected chi connectivity index (χ2v) is 5.09. The van der Waals surface area contributed by atoms with E-state index < -0.39 is 21.7 Å². The number of rotatable bonds is 4. The number of aromatic nitrogens is 1. The molecule has 94 valence electrons. The molecule has 0 aliphatic rings. The maximum atomic E-state index is 11.5. The van der Waals surface area contributed by atoms with Crippen molar-refractivity contribution in [2.24, 2.45) is 0 Å². The molecule has 3 N–H and O–H groups in total. The van der Waals surface area contributed by atoms with Gasteiger partial charge in [-0.15, -0.1) is 0 Å². The van der Waals surface area contributed by atoms with E-state index in [1.807, 2.05) is 0 Å². The lowest BCUT2D eigenvalue weighted by Gasteiger charge is -2.08. The van der Waals surface area contributed by atoms with Crippen molar-refractivity contribution in [1.82, 2.24) is 4.98 Å². The fraction of sp³-hybridized carbons (Fsp3) is 0.333. The Morgan fingerprint density at radius 1 is 1.59 bits per heavy atom. The van der Waals surface area contributed by atoms with Gasteiger partial charge in [-0.05, 0) is 18.6 Å². The summed E-state index contributed by atoms with van der Waals surface area (Å²) in [5.74, 6) is -1.46. The third-order valence-corrected chi connectivity index (χ3v) is 3.01. The van der Waals surface area contributed by atoms with Crippen molar-refractivity contribution in [1.29, 1.82) is 0 Å². The Balaban J connectivity index is 2.87. The van der Waals surface area contributed by atoms with Crippen molar-refractivity contribution in [3.63, 3.8) is 0 Å². The minimum Gasteiger partial charge on any atom is -0.468 e. The van der Waals surface area contributed by atoms with Gasteiger partial charge in [0.1, 0.15) is 5.82 Å². The summed E-state index contributed by atoms with van der Waals surface area (Å²) in [4.78, 5) is 14.7. The fourth-order valence-electron chi connectivity index (χ4n) is 1.10. The summed E-state index contributed by atoms with van der Waals surface area (Å²) in [6.45, 7) is 1.65. The SMILES string of the molecule is COC(=O)CS(=O)(=O)Nc1ncc(N)cc1C. The zero-order valence-corrected chi connectivity index (χ0v) is 10.2. The van der Waals surface area contributed by atoms with Crippen LogP contribution in [-0.2, 0) is 19.6 Å². The van der Waals surface area contributed by atoms with E-state index in [1.165, 1.54) is 6.20 Å². The standard InChI is InChI=1S/C9H13N3O4S/c1-6-3-7(10)4-11-9(6)12-17(14,15)5-8(13)16-2/h3-4H,5,10H2,1-2H3,(H,11,12). The molecule has 17 heavy (non-hydrogen) atoms. The number of nitrogens with zero attached hydrogens (tertiary/aromatic N) is 1. The maximum Gasteiger partial charge on any atom is 0.322 e. The molecular weight excluding hydrogens is 246 g/mol. The van der Waals surface area contributed by atoms with Crippen molar-refractivity contribution >= 4 is 27.5 Å². The highest BCUT2D eigenvalue weighted by Crippen LogP contribution is 2.15. The number of esters is 1. The Bertz CT molecular complexity index is 527. The van der Waals surface area contributed by atoms with Crippen molar-refractivity contribution < 1.29 is 17.9 Å². The summed E-state index contributed by atoms with van der Waals surface area (Å²) < 4.78 is 29.5. The van der Waals surface area contributed by atoms with Gasteiger partial charge in [0.2, 0.25) is 10.0 Å². The molecule has 1 aromatic rings. The zero-order chi connectivity index (χ0) is 13.1. The lowest BCUT2D eigenvalue weighted by molar-refractivity contribution is -0.137. The third-order valence-electron chi connectivity index (χ3n) is 1.89. The topological polar surface area (TPSA) is 111 Å². The van der Waals surface area contributed by atoms with E-state index in [-0.39, 0.29) is 5.82 Å². The van der Waals surface area contributed by atoms with Gasteiger partial charge in [0, 0.05) is 0 Å². The Hall–Kier alpha value is -1.83. The van der Waals surface area contributed by atoms with Crippen molar-refractivity contribution in [2.75, 3.05) is 23.3 Å². The average Bonchev–Trinajstić information content (AvgIpc) is 2.21. The average molecular weight is 259 g/mol. The molecule has 0 unspecified atom stereocenters. The number of nitrogen functional groups attached to an aromatic ring is 1. The summed E-state index contributed by atoms with van der Waals surface area (Å²) in [5, 5.41) is 0. The van der Waals surface area contributed by atoms with Crippen LogP contribution in [0.4, 0.5) is 11.5 Å². The van der Waals surface area contributed by atoms with Gasteiger partial charge in [-0.1, -0.05) is 0 Å². The molecule has 1 heterocycles. The smallest absolute Gasteiger partial charge is 0.322 e. The van der Waals surface area contributed by atoms with Gasteiger partial charge in [-0.3, -0.25) is 9.52 Å². The molecule has 0 fully saturated rings. The van der Waals surface area contributed by atoms with E-state index in [1.54, 1.807) is 13.0 Å². The van der Waals surface area contributed by atoms with Crippen molar-refractivity contribution in [3.05, 3.63) is 17.8 Å². The van der Waals surface area contributed by atoms with Gasteiger partial charge in [-0.2, -0.15) is 0 Å². The maximum absolute atomic E-state index is 11.5. The van der Waals surface area contributed by atoms with E-state index in [2.05, 4.69) is 14.4 Å². The van der Waals surface area contributed by atoms with Crippen LogP contribution >= 0.6 is 0 Å². The number of methoxy groups -OCH3 is 1. The Labute approximate surface area is 99.0 Å². The monoisotopic (exact) mass is 259 g/mol. The lowest BCUT2D eigenvalue weighted by Crippen LogP contribution is -2.24. The van der Waals surface area contributed by atoms with E-state index in [0.29, 0.717) is 11.3 Å². The van der Waals surface area contributed by atoms with Crippen molar-refractivity contribution in [3.8, 4) is 0 Å². The quantitative estimate of drug-likeness (QED) is 0.729. The van der Waals surface area contributed by atoms with E-state index in [4.69, 9.17) is 5.73 Å². The molecule has 0 atom stereocenters. The van der Waals surface area contributed by atoms with Crippen LogP contribution in [0.15, 0.2) is 12.3 Å². The number of hydrogen-bond donors (Lipinski definition) is 2. The normalized spacial score (nSPS) is 10.9. The number of pyridine rings is 1. The highest BCUT2D eigenvalue weighted by molar-refractivity contribution is 7.93. The Kier molecular flexibility index (Phi) is 3.89. The summed E-state index contributed by atoms with van der Waals surface area (Å²) in [5.41, 5.74) is 6.48. The molecule has 0 aliphatic carbocycles. The first-order chi connectivity index (χ1) is 7.84. The summed E-state index contributed by atoms with van der Waals surface area (Å²) in [7, 11) is -2.69. The van der Waals surface area contributed by atoms with E-state index in [9.17, 15) is 13.2 Å². The second-order valence-electron chi connectivity index (χ2n) is 3.37. The molecule has 0 amide bonds. The number of sulfonamides is 1. The fourth-order valence-corrected chi connectivity index (χ4v) is 2.11. The number of carbonyl (C=O) groups excluding carboxylic acids is 1. The molecule has 0 bridgehead atoms. The molecule has 0 aromatic carbocycles. The van der Waals surface area contributed by atoms with E-state index >= 15 is 0 Å². The van der Waals surface area contributed by atoms with Crippen LogP contribution < -0.4 is 10.5 Å². The predicted octanol–water partition coefficient (Wildman–Crippen LogP) is -0.113. The van der Waals surface area contributed by atoms with Gasteiger partial charge in [-0.25, -0.2) is 13.4 Å². The molecular formula is C9H13N3O4S. The molecule has 0 aliphatic heterocycles. The first-order valence-corrected chi connectivity index (χ1v) is 6.28. The molecule has 0 saturated carbocycles. The molecule has 1 aromatic heterocycles. The summed E-state index contributed by atoms with van der Waals surface area (Å²) in [6, 6.07) is 1.57. The van der Waals surface area contributed by atoms with Crippen LogP contribution in [0.25, 0.3) is 0 Å². The van der Waals surface area contributed by atoms with Gasteiger partial charge in [0.05, 0.1) is 19.0 Å². The first-order valence-electron chi connectivity index (χ1n) is 4.63. The largest absolute Gasteiger partial charge is 0.468 e. The van der Waals surface area contributed by atoms with Gasteiger partial charge < -0.3 is 10.5 Å². The number of ether oxygens (including phenoxy) is 1. The number of anilines is 2. The zero-order valence-electron chi connectivity index (χ0n) is 9.43. The number of hydrogen-bond acceptors (Lipinski definition) is 6.